The smallest absolute Gasteiger partial charge is 0.248 e. The number of hydrogen-bond donors (Lipinski definition) is 1. The molecule has 2 aliphatic rings. The number of carbonyl (C=O) groups excluding carboxylic acids is 1. The van der Waals surface area contributed by atoms with Gasteiger partial charge in [0.15, 0.2) is 0 Å². The van der Waals surface area contributed by atoms with E-state index >= 15 is 0 Å². The van der Waals surface area contributed by atoms with Crippen molar-refractivity contribution in [2.75, 3.05) is 46.9 Å². The van der Waals surface area contributed by atoms with Crippen molar-refractivity contribution in [3.05, 3.63) is 0 Å². The van der Waals surface area contributed by atoms with Crippen LogP contribution in [0, 0.1) is 0 Å². The molecule has 2 fully saturated rings. The molecule has 0 spiro atoms. The number of piperazine rings is 1. The van der Waals surface area contributed by atoms with Crippen molar-refractivity contribution in [3.63, 3.8) is 0 Å². The molecule has 5 nitrogen and oxygen atoms in total. The molecule has 5 heteroatoms. The standard InChI is InChI=1S/C14H27N3O2/c1-15-12-3-5-13(6-4-12)19-11-14(18)17-9-7-16(2)8-10-17/h12-13,15H,3-11H2,1-2H3. The molecule has 1 amide bonds. The molecule has 19 heavy (non-hydrogen) atoms. The Hall–Kier alpha value is -0.650. The molecule has 0 unspecified atom stereocenters. The van der Waals surface area contributed by atoms with Crippen molar-refractivity contribution >= 4 is 5.91 Å². The first kappa shape index (κ1) is 14.8. The maximum Gasteiger partial charge on any atom is 0.248 e. The predicted octanol–water partition coefficient (Wildman–Crippen LogP) is 0.308. The van der Waals surface area contributed by atoms with Crippen molar-refractivity contribution in [1.82, 2.24) is 15.1 Å². The Morgan fingerprint density at radius 1 is 1.16 bits per heavy atom. The van der Waals surface area contributed by atoms with Gasteiger partial charge in [0.1, 0.15) is 6.61 Å². The second-order valence-electron chi connectivity index (χ2n) is 5.76. The average Bonchev–Trinajstić information content (AvgIpc) is 2.46. The maximum absolute atomic E-state index is 12.0. The van der Waals surface area contributed by atoms with E-state index in [0.717, 1.165) is 51.9 Å². The Morgan fingerprint density at radius 3 is 2.37 bits per heavy atom. The lowest BCUT2D eigenvalue weighted by atomic mass is 9.93. The fourth-order valence-electron chi connectivity index (χ4n) is 2.85. The average molecular weight is 269 g/mol. The van der Waals surface area contributed by atoms with Crippen LogP contribution in [-0.2, 0) is 9.53 Å². The molecule has 1 saturated heterocycles. The zero-order valence-electron chi connectivity index (χ0n) is 12.2. The first-order chi connectivity index (χ1) is 9.19. The molecule has 0 bridgehead atoms. The van der Waals surface area contributed by atoms with E-state index in [1.165, 1.54) is 0 Å². The van der Waals surface area contributed by atoms with Gasteiger partial charge in [-0.3, -0.25) is 4.79 Å². The minimum Gasteiger partial charge on any atom is -0.368 e. The van der Waals surface area contributed by atoms with Gasteiger partial charge in [-0.25, -0.2) is 0 Å². The summed E-state index contributed by atoms with van der Waals surface area (Å²) in [5.41, 5.74) is 0. The summed E-state index contributed by atoms with van der Waals surface area (Å²) >= 11 is 0. The highest BCUT2D eigenvalue weighted by atomic mass is 16.5. The quantitative estimate of drug-likeness (QED) is 0.798. The van der Waals surface area contributed by atoms with Crippen LogP contribution < -0.4 is 5.32 Å². The summed E-state index contributed by atoms with van der Waals surface area (Å²) < 4.78 is 5.79. The fourth-order valence-corrected chi connectivity index (χ4v) is 2.85. The van der Waals surface area contributed by atoms with Gasteiger partial charge in [-0.15, -0.1) is 0 Å². The molecule has 0 aromatic carbocycles. The Kier molecular flexibility index (Phi) is 5.60. The van der Waals surface area contributed by atoms with Gasteiger partial charge in [-0.1, -0.05) is 0 Å². The van der Waals surface area contributed by atoms with Gasteiger partial charge in [0.25, 0.3) is 0 Å². The predicted molar refractivity (Wildman–Crippen MR) is 75.1 cm³/mol. The van der Waals surface area contributed by atoms with Gasteiger partial charge in [0.05, 0.1) is 6.10 Å². The van der Waals surface area contributed by atoms with Gasteiger partial charge in [-0.2, -0.15) is 0 Å². The van der Waals surface area contributed by atoms with Crippen molar-refractivity contribution < 1.29 is 9.53 Å². The lowest BCUT2D eigenvalue weighted by Crippen LogP contribution is -2.48. The molecule has 0 radical (unpaired) electrons. The highest BCUT2D eigenvalue weighted by molar-refractivity contribution is 5.77. The van der Waals surface area contributed by atoms with Gasteiger partial charge >= 0.3 is 0 Å². The largest absolute Gasteiger partial charge is 0.368 e. The summed E-state index contributed by atoms with van der Waals surface area (Å²) in [5.74, 6) is 0.156. The molecule has 0 atom stereocenters. The van der Waals surface area contributed by atoms with E-state index in [1.54, 1.807) is 0 Å². The lowest BCUT2D eigenvalue weighted by Gasteiger charge is -2.33. The lowest BCUT2D eigenvalue weighted by molar-refractivity contribution is -0.140. The van der Waals surface area contributed by atoms with E-state index in [0.29, 0.717) is 6.04 Å². The third kappa shape index (κ3) is 4.44. The van der Waals surface area contributed by atoms with Crippen LogP contribution in [0.2, 0.25) is 0 Å². The molecular weight excluding hydrogens is 242 g/mol. The summed E-state index contributed by atoms with van der Waals surface area (Å²) in [4.78, 5) is 16.2. The second-order valence-corrected chi connectivity index (χ2v) is 5.76. The number of ether oxygens (including phenoxy) is 1. The van der Waals surface area contributed by atoms with Crippen LogP contribution in [0.3, 0.4) is 0 Å². The summed E-state index contributed by atoms with van der Waals surface area (Å²) in [6.45, 7) is 3.88. The number of carbonyl (C=O) groups is 1. The van der Waals surface area contributed by atoms with E-state index in [-0.39, 0.29) is 18.6 Å². The van der Waals surface area contributed by atoms with Gasteiger partial charge in [0.2, 0.25) is 5.91 Å². The van der Waals surface area contributed by atoms with Crippen LogP contribution in [-0.4, -0.2) is 74.7 Å². The van der Waals surface area contributed by atoms with E-state index in [9.17, 15) is 4.79 Å². The highest BCUT2D eigenvalue weighted by Gasteiger charge is 2.23. The Morgan fingerprint density at radius 2 is 1.79 bits per heavy atom. The summed E-state index contributed by atoms with van der Waals surface area (Å²) in [6, 6.07) is 0.633. The molecule has 1 saturated carbocycles. The van der Waals surface area contributed by atoms with Gasteiger partial charge < -0.3 is 19.9 Å². The molecule has 1 heterocycles. The Bertz CT molecular complexity index is 282. The first-order valence-corrected chi connectivity index (χ1v) is 7.44. The molecule has 0 aromatic rings. The molecule has 1 N–H and O–H groups in total. The minimum atomic E-state index is 0.156. The summed E-state index contributed by atoms with van der Waals surface area (Å²) in [6.07, 6.45) is 4.73. The van der Waals surface area contributed by atoms with Crippen molar-refractivity contribution in [2.45, 2.75) is 37.8 Å². The van der Waals surface area contributed by atoms with Crippen LogP contribution in [0.15, 0.2) is 0 Å². The second kappa shape index (κ2) is 7.22. The maximum atomic E-state index is 12.0. The summed E-state index contributed by atoms with van der Waals surface area (Å²) in [5, 5.41) is 3.31. The van der Waals surface area contributed by atoms with Crippen molar-refractivity contribution in [2.24, 2.45) is 0 Å². The highest BCUT2D eigenvalue weighted by Crippen LogP contribution is 2.20. The van der Waals surface area contributed by atoms with E-state index in [2.05, 4.69) is 17.3 Å². The van der Waals surface area contributed by atoms with E-state index in [1.807, 2.05) is 11.9 Å². The number of likely N-dealkylation sites (N-methyl/N-ethyl adjacent to an activating group) is 1. The van der Waals surface area contributed by atoms with Gasteiger partial charge in [-0.05, 0) is 39.8 Å². The number of hydrogen-bond acceptors (Lipinski definition) is 4. The zero-order valence-corrected chi connectivity index (χ0v) is 12.2. The first-order valence-electron chi connectivity index (χ1n) is 7.44. The Balaban J connectivity index is 1.64. The van der Waals surface area contributed by atoms with E-state index in [4.69, 9.17) is 4.74 Å². The number of rotatable bonds is 4. The molecule has 1 aliphatic heterocycles. The van der Waals surface area contributed by atoms with Crippen molar-refractivity contribution in [1.29, 1.82) is 0 Å². The third-order valence-corrected chi connectivity index (χ3v) is 4.38. The van der Waals surface area contributed by atoms with Crippen LogP contribution >= 0.6 is 0 Å². The van der Waals surface area contributed by atoms with E-state index < -0.39 is 0 Å². The summed E-state index contributed by atoms with van der Waals surface area (Å²) in [7, 11) is 4.11. The SMILES string of the molecule is CNC1CCC(OCC(=O)N2CCN(C)CC2)CC1. The minimum absolute atomic E-state index is 0.156. The normalized spacial score (nSPS) is 29.5. The van der Waals surface area contributed by atoms with Gasteiger partial charge in [0, 0.05) is 32.2 Å². The number of nitrogens with zero attached hydrogens (tertiary/aromatic N) is 2. The third-order valence-electron chi connectivity index (χ3n) is 4.38. The molecule has 110 valence electrons. The zero-order chi connectivity index (χ0) is 13.7. The topological polar surface area (TPSA) is 44.8 Å². The molecule has 2 rings (SSSR count). The number of nitrogens with one attached hydrogen (secondary N) is 1. The van der Waals surface area contributed by atoms with Crippen molar-refractivity contribution in [3.8, 4) is 0 Å². The molecule has 1 aliphatic carbocycles. The number of amides is 1. The van der Waals surface area contributed by atoms with Crippen LogP contribution in [0.25, 0.3) is 0 Å². The van der Waals surface area contributed by atoms with Crippen LogP contribution in [0.5, 0.6) is 0 Å². The molecule has 0 aromatic heterocycles. The van der Waals surface area contributed by atoms with Crippen LogP contribution in [0.4, 0.5) is 0 Å². The fraction of sp³-hybridized carbons (Fsp3) is 0.929. The molecular formula is C14H27N3O2. The van der Waals surface area contributed by atoms with Crippen LogP contribution in [0.1, 0.15) is 25.7 Å². The monoisotopic (exact) mass is 269 g/mol. The Labute approximate surface area is 116 Å².